The number of Topliss-reactive ketones (excluding diaryl/α,β-unsaturated/α-hetero) is 1. The molecule has 6 nitrogen and oxygen atoms in total. The van der Waals surface area contributed by atoms with Gasteiger partial charge in [-0.3, -0.25) is 9.59 Å². The quantitative estimate of drug-likeness (QED) is 0.314. The third-order valence-electron chi connectivity index (χ3n) is 5.95. The smallest absolute Gasteiger partial charge is 0.341 e. The van der Waals surface area contributed by atoms with Crippen molar-refractivity contribution in [3.8, 4) is 0 Å². The molecule has 6 heteroatoms. The second-order valence-corrected chi connectivity index (χ2v) is 7.20. The molecular weight excluding hydrogens is 372 g/mol. The van der Waals surface area contributed by atoms with Crippen LogP contribution in [0, 0.1) is 5.92 Å². The van der Waals surface area contributed by atoms with E-state index in [1.54, 1.807) is 24.3 Å². The Hall–Kier alpha value is -3.51. The maximum Gasteiger partial charge on any atom is 0.341 e. The van der Waals surface area contributed by atoms with Crippen molar-refractivity contribution in [3.05, 3.63) is 65.2 Å². The molecule has 0 saturated heterocycles. The summed E-state index contributed by atoms with van der Waals surface area (Å²) in [5.41, 5.74) is -1.31. The first-order valence-corrected chi connectivity index (χ1v) is 9.08. The third-order valence-corrected chi connectivity index (χ3v) is 5.95. The van der Waals surface area contributed by atoms with E-state index in [0.29, 0.717) is 11.1 Å². The molecule has 144 valence electrons. The van der Waals surface area contributed by atoms with E-state index in [4.69, 9.17) is 9.47 Å². The van der Waals surface area contributed by atoms with Crippen LogP contribution in [0.2, 0.25) is 0 Å². The molecule has 2 atom stereocenters. The average molecular weight is 388 g/mol. The van der Waals surface area contributed by atoms with E-state index in [-0.39, 0.29) is 11.1 Å². The van der Waals surface area contributed by atoms with Crippen LogP contribution in [0.15, 0.2) is 54.1 Å². The van der Waals surface area contributed by atoms with Gasteiger partial charge in [-0.05, 0) is 32.7 Å². The fourth-order valence-corrected chi connectivity index (χ4v) is 4.80. The van der Waals surface area contributed by atoms with E-state index in [1.807, 2.05) is 24.3 Å². The highest BCUT2D eigenvalue weighted by atomic mass is 16.5. The summed E-state index contributed by atoms with van der Waals surface area (Å²) in [6.45, 7) is 0. The van der Waals surface area contributed by atoms with Gasteiger partial charge in [0.15, 0.2) is 11.7 Å². The molecule has 0 spiro atoms. The summed E-state index contributed by atoms with van der Waals surface area (Å²) in [5.74, 6) is -4.19. The molecule has 0 aliphatic heterocycles. The van der Waals surface area contributed by atoms with E-state index >= 15 is 0 Å². The molecule has 29 heavy (non-hydrogen) atoms. The maximum absolute atomic E-state index is 13.2. The van der Waals surface area contributed by atoms with Crippen LogP contribution in [0.5, 0.6) is 0 Å². The molecule has 1 N–H and O–H groups in total. The van der Waals surface area contributed by atoms with Crippen LogP contribution in [0.25, 0.3) is 27.1 Å². The van der Waals surface area contributed by atoms with Crippen LogP contribution in [-0.4, -0.2) is 37.0 Å². The molecule has 0 amide bonds. The number of hydrogen-bond acceptors (Lipinski definition) is 6. The van der Waals surface area contributed by atoms with Gasteiger partial charge in [-0.1, -0.05) is 48.5 Å². The van der Waals surface area contributed by atoms with Gasteiger partial charge in [-0.2, -0.15) is 0 Å². The number of carbonyl (C=O) groups excluding carboxylic acids is 3. The zero-order valence-corrected chi connectivity index (χ0v) is 15.7. The monoisotopic (exact) mass is 388 g/mol. The second-order valence-electron chi connectivity index (χ2n) is 7.20. The van der Waals surface area contributed by atoms with Gasteiger partial charge in [0, 0.05) is 5.57 Å². The van der Waals surface area contributed by atoms with E-state index < -0.39 is 29.2 Å². The highest BCUT2D eigenvalue weighted by Gasteiger charge is 2.61. The largest absolute Gasteiger partial charge is 0.468 e. The lowest BCUT2D eigenvalue weighted by Crippen LogP contribution is -2.42. The summed E-state index contributed by atoms with van der Waals surface area (Å²) in [4.78, 5) is 38.5. The number of carbonyl (C=O) groups is 3. The fraction of sp³-hybridized carbons (Fsp3) is 0.174. The summed E-state index contributed by atoms with van der Waals surface area (Å²) in [6.07, 6.45) is 0. The number of rotatable bonds is 2. The summed E-state index contributed by atoms with van der Waals surface area (Å²) in [6, 6.07) is 14.7. The minimum atomic E-state index is -2.03. The van der Waals surface area contributed by atoms with Crippen LogP contribution >= 0.6 is 0 Å². The number of aliphatic hydroxyl groups is 1. The molecule has 2 aliphatic rings. The molecule has 3 aromatic carbocycles. The Morgan fingerprint density at radius 2 is 1.59 bits per heavy atom. The van der Waals surface area contributed by atoms with Crippen molar-refractivity contribution in [2.75, 3.05) is 14.2 Å². The second kappa shape index (κ2) is 5.75. The van der Waals surface area contributed by atoms with Crippen molar-refractivity contribution in [2.24, 2.45) is 5.92 Å². The van der Waals surface area contributed by atoms with Crippen LogP contribution in [0.4, 0.5) is 0 Å². The molecule has 0 heterocycles. The minimum absolute atomic E-state index is 0.0987. The molecule has 3 aromatic rings. The lowest BCUT2D eigenvalue weighted by Gasteiger charge is -2.36. The zero-order valence-electron chi connectivity index (χ0n) is 15.7. The highest BCUT2D eigenvalue weighted by molar-refractivity contribution is 6.35. The van der Waals surface area contributed by atoms with Gasteiger partial charge in [-0.15, -0.1) is 0 Å². The molecule has 2 unspecified atom stereocenters. The summed E-state index contributed by atoms with van der Waals surface area (Å²) in [7, 11) is 2.30. The Kier molecular flexibility index (Phi) is 3.48. The number of benzene rings is 3. The summed E-state index contributed by atoms with van der Waals surface area (Å²) < 4.78 is 9.68. The van der Waals surface area contributed by atoms with Gasteiger partial charge >= 0.3 is 11.9 Å². The molecule has 0 radical (unpaired) electrons. The lowest BCUT2D eigenvalue weighted by atomic mass is 9.70. The van der Waals surface area contributed by atoms with Crippen molar-refractivity contribution in [2.45, 2.75) is 5.60 Å². The summed E-state index contributed by atoms with van der Waals surface area (Å²) >= 11 is 0. The number of methoxy groups -OCH3 is 2. The van der Waals surface area contributed by atoms with Crippen molar-refractivity contribution < 1.29 is 29.0 Å². The fourth-order valence-electron chi connectivity index (χ4n) is 4.80. The van der Waals surface area contributed by atoms with E-state index in [9.17, 15) is 19.5 Å². The van der Waals surface area contributed by atoms with Crippen molar-refractivity contribution >= 4 is 44.8 Å². The highest BCUT2D eigenvalue weighted by Crippen LogP contribution is 2.57. The molecule has 2 aliphatic carbocycles. The first-order valence-electron chi connectivity index (χ1n) is 9.08. The standard InChI is InChI=1S/C23H16O6/c1-28-21(25)17-18-13-7-3-5-11-9-10-12-6-4-8-14(16(12)15(11)13)23(18,27)19(20(17)24)22(26)29-2/h3-10,19,27H,1-2H3. The minimum Gasteiger partial charge on any atom is -0.468 e. The molecule has 5 rings (SSSR count). The van der Waals surface area contributed by atoms with Gasteiger partial charge in [0.05, 0.1) is 14.2 Å². The molecule has 0 saturated carbocycles. The normalized spacial score (nSPS) is 22.3. The number of hydrogen-bond donors (Lipinski definition) is 1. The summed E-state index contributed by atoms with van der Waals surface area (Å²) in [5, 5.41) is 15.3. The zero-order chi connectivity index (χ0) is 20.5. The van der Waals surface area contributed by atoms with Crippen LogP contribution in [-0.2, 0) is 29.5 Å². The van der Waals surface area contributed by atoms with Crippen LogP contribution in [0.1, 0.15) is 11.1 Å². The van der Waals surface area contributed by atoms with Gasteiger partial charge < -0.3 is 14.6 Å². The van der Waals surface area contributed by atoms with E-state index in [2.05, 4.69) is 0 Å². The predicted octanol–water partition coefficient (Wildman–Crippen LogP) is 2.49. The van der Waals surface area contributed by atoms with E-state index in [0.717, 1.165) is 35.8 Å². The number of esters is 2. The third kappa shape index (κ3) is 1.96. The Balaban J connectivity index is 2.04. The van der Waals surface area contributed by atoms with Gasteiger partial charge in [0.1, 0.15) is 11.2 Å². The maximum atomic E-state index is 13.2. The molecular formula is C23H16O6. The van der Waals surface area contributed by atoms with Crippen LogP contribution in [0.3, 0.4) is 0 Å². The van der Waals surface area contributed by atoms with E-state index in [1.165, 1.54) is 0 Å². The molecule has 0 bridgehead atoms. The van der Waals surface area contributed by atoms with Crippen molar-refractivity contribution in [1.29, 1.82) is 0 Å². The van der Waals surface area contributed by atoms with Gasteiger partial charge in [-0.25, -0.2) is 4.79 Å². The van der Waals surface area contributed by atoms with Gasteiger partial charge in [0.25, 0.3) is 0 Å². The number of ether oxygens (including phenoxy) is 2. The average Bonchev–Trinajstić information content (AvgIpc) is 2.99. The first-order chi connectivity index (χ1) is 13.9. The Bertz CT molecular complexity index is 1300. The Morgan fingerprint density at radius 3 is 2.24 bits per heavy atom. The van der Waals surface area contributed by atoms with Crippen molar-refractivity contribution in [3.63, 3.8) is 0 Å². The van der Waals surface area contributed by atoms with Gasteiger partial charge in [0.2, 0.25) is 0 Å². The Labute approximate surface area is 165 Å². The van der Waals surface area contributed by atoms with Crippen LogP contribution < -0.4 is 0 Å². The number of ketones is 1. The first kappa shape index (κ1) is 17.6. The van der Waals surface area contributed by atoms with Crippen molar-refractivity contribution in [1.82, 2.24) is 0 Å². The molecule has 0 aromatic heterocycles. The topological polar surface area (TPSA) is 89.9 Å². The number of fused-ring (bicyclic) bond motifs is 3. The Morgan fingerprint density at radius 1 is 0.931 bits per heavy atom. The SMILES string of the molecule is COC(=O)C1=C2c3cccc4ccc5cccc(c5c34)C2(O)C(C(=O)OC)C1=O. The lowest BCUT2D eigenvalue weighted by molar-refractivity contribution is -0.155. The molecule has 0 fully saturated rings. The predicted molar refractivity (Wildman–Crippen MR) is 105 cm³/mol.